The van der Waals surface area contributed by atoms with E-state index < -0.39 is 5.60 Å². The van der Waals surface area contributed by atoms with E-state index in [-0.39, 0.29) is 12.6 Å². The smallest absolute Gasteiger partial charge is 0.314 e. The normalized spacial score (nSPS) is 13.6. The Bertz CT molecular complexity index is 630. The number of nitrogens with one attached hydrogen (secondary N) is 2. The second-order valence-electron chi connectivity index (χ2n) is 5.57. The van der Waals surface area contributed by atoms with Crippen molar-refractivity contribution in [3.63, 3.8) is 0 Å². The highest BCUT2D eigenvalue weighted by molar-refractivity contribution is 5.73. The number of carbonyl (C=O) groups excluding carboxylic acids is 1. The van der Waals surface area contributed by atoms with Crippen LogP contribution in [0.4, 0.5) is 4.79 Å². The zero-order valence-corrected chi connectivity index (χ0v) is 13.1. The molecule has 0 saturated carbocycles. The Morgan fingerprint density at radius 2 is 2.23 bits per heavy atom. The maximum Gasteiger partial charge on any atom is 0.314 e. The standard InChI is InChI=1S/C15H22N4O3/c1-11-4-5-13(22-11)15(2,21)10-17-14(20)16-7-6-12-8-18-19(3)9-12/h4-5,8-9,21H,6-7,10H2,1-3H3,(H2,16,17,20). The van der Waals surface area contributed by atoms with Crippen LogP contribution in [0.25, 0.3) is 0 Å². The first kappa shape index (κ1) is 16.1. The molecule has 0 bridgehead atoms. The van der Waals surface area contributed by atoms with Gasteiger partial charge in [-0.15, -0.1) is 0 Å². The van der Waals surface area contributed by atoms with Crippen molar-refractivity contribution in [1.29, 1.82) is 0 Å². The molecule has 0 radical (unpaired) electrons. The van der Waals surface area contributed by atoms with Crippen molar-refractivity contribution in [2.24, 2.45) is 7.05 Å². The predicted molar refractivity (Wildman–Crippen MR) is 81.3 cm³/mol. The Labute approximate surface area is 129 Å². The van der Waals surface area contributed by atoms with Crippen LogP contribution in [0.3, 0.4) is 0 Å². The molecule has 1 atom stereocenters. The highest BCUT2D eigenvalue weighted by Crippen LogP contribution is 2.21. The lowest BCUT2D eigenvalue weighted by atomic mass is 10.0. The van der Waals surface area contributed by atoms with Crippen LogP contribution in [-0.4, -0.2) is 34.0 Å². The van der Waals surface area contributed by atoms with E-state index in [0.29, 0.717) is 18.7 Å². The van der Waals surface area contributed by atoms with Crippen molar-refractivity contribution in [2.75, 3.05) is 13.1 Å². The number of amides is 2. The Kier molecular flexibility index (Phi) is 4.87. The first-order valence-corrected chi connectivity index (χ1v) is 7.15. The third kappa shape index (κ3) is 4.36. The molecule has 7 nitrogen and oxygen atoms in total. The summed E-state index contributed by atoms with van der Waals surface area (Å²) in [5, 5.41) is 19.8. The number of nitrogens with zero attached hydrogens (tertiary/aromatic N) is 2. The molecule has 2 aromatic rings. The van der Waals surface area contributed by atoms with E-state index in [1.54, 1.807) is 36.9 Å². The van der Waals surface area contributed by atoms with Crippen LogP contribution in [-0.2, 0) is 19.1 Å². The third-order valence-corrected chi connectivity index (χ3v) is 3.32. The SMILES string of the molecule is Cc1ccc(C(C)(O)CNC(=O)NCCc2cnn(C)c2)o1. The van der Waals surface area contributed by atoms with Crippen LogP contribution in [0, 0.1) is 6.92 Å². The van der Waals surface area contributed by atoms with Gasteiger partial charge in [0.25, 0.3) is 0 Å². The van der Waals surface area contributed by atoms with Gasteiger partial charge in [0.1, 0.15) is 17.1 Å². The number of hydrogen-bond acceptors (Lipinski definition) is 4. The minimum absolute atomic E-state index is 0.0681. The van der Waals surface area contributed by atoms with Crippen LogP contribution in [0.15, 0.2) is 28.9 Å². The third-order valence-electron chi connectivity index (χ3n) is 3.32. The maximum absolute atomic E-state index is 11.7. The molecule has 0 spiro atoms. The molecule has 2 heterocycles. The van der Waals surface area contributed by atoms with Gasteiger partial charge >= 0.3 is 6.03 Å². The molecular formula is C15H22N4O3. The quantitative estimate of drug-likeness (QED) is 0.744. The van der Waals surface area contributed by atoms with Crippen LogP contribution in [0.5, 0.6) is 0 Å². The van der Waals surface area contributed by atoms with Crippen LogP contribution >= 0.6 is 0 Å². The van der Waals surface area contributed by atoms with Crippen LogP contribution in [0.2, 0.25) is 0 Å². The number of aliphatic hydroxyl groups is 1. The van der Waals surface area contributed by atoms with E-state index in [9.17, 15) is 9.90 Å². The van der Waals surface area contributed by atoms with Crippen molar-refractivity contribution in [2.45, 2.75) is 25.9 Å². The van der Waals surface area contributed by atoms with Crippen LogP contribution in [0.1, 0.15) is 24.0 Å². The molecule has 7 heteroatoms. The lowest BCUT2D eigenvalue weighted by molar-refractivity contribution is 0.0360. The largest absolute Gasteiger partial charge is 0.463 e. The first-order chi connectivity index (χ1) is 10.4. The van der Waals surface area contributed by atoms with Gasteiger partial charge in [0.15, 0.2) is 0 Å². The predicted octanol–water partition coefficient (Wildman–Crippen LogP) is 1.07. The number of furan rings is 1. The molecule has 0 aliphatic carbocycles. The highest BCUT2D eigenvalue weighted by atomic mass is 16.4. The van der Waals surface area contributed by atoms with Crippen molar-refractivity contribution < 1.29 is 14.3 Å². The average Bonchev–Trinajstić information content (AvgIpc) is 3.06. The Balaban J connectivity index is 1.73. The Hall–Kier alpha value is -2.28. The number of urea groups is 1. The summed E-state index contributed by atoms with van der Waals surface area (Å²) >= 11 is 0. The molecule has 0 aliphatic rings. The van der Waals surface area contributed by atoms with Crippen molar-refractivity contribution in [1.82, 2.24) is 20.4 Å². The van der Waals surface area contributed by atoms with Gasteiger partial charge in [-0.3, -0.25) is 4.68 Å². The molecule has 0 aliphatic heterocycles. The van der Waals surface area contributed by atoms with Crippen molar-refractivity contribution in [3.8, 4) is 0 Å². The number of hydrogen-bond donors (Lipinski definition) is 3. The highest BCUT2D eigenvalue weighted by Gasteiger charge is 2.27. The van der Waals surface area contributed by atoms with Gasteiger partial charge < -0.3 is 20.2 Å². The number of aryl methyl sites for hydroxylation is 2. The van der Waals surface area contributed by atoms with E-state index in [2.05, 4.69) is 15.7 Å². The molecular weight excluding hydrogens is 284 g/mol. The van der Waals surface area contributed by atoms with E-state index >= 15 is 0 Å². The molecule has 2 rings (SSSR count). The average molecular weight is 306 g/mol. The van der Waals surface area contributed by atoms with Crippen LogP contribution < -0.4 is 10.6 Å². The van der Waals surface area contributed by atoms with E-state index in [1.165, 1.54) is 0 Å². The summed E-state index contributed by atoms with van der Waals surface area (Å²) in [4.78, 5) is 11.7. The maximum atomic E-state index is 11.7. The lowest BCUT2D eigenvalue weighted by Crippen LogP contribution is -2.43. The first-order valence-electron chi connectivity index (χ1n) is 7.15. The summed E-state index contributed by atoms with van der Waals surface area (Å²) in [6.07, 6.45) is 4.38. The number of carbonyl (C=O) groups is 1. The Morgan fingerprint density at radius 1 is 1.45 bits per heavy atom. The van der Waals surface area contributed by atoms with Crippen molar-refractivity contribution >= 4 is 6.03 Å². The molecule has 1 unspecified atom stereocenters. The fraction of sp³-hybridized carbons (Fsp3) is 0.467. The Morgan fingerprint density at radius 3 is 2.82 bits per heavy atom. The molecule has 0 fully saturated rings. The number of rotatable bonds is 6. The molecule has 0 aromatic carbocycles. The van der Waals surface area contributed by atoms with Gasteiger partial charge in [0, 0.05) is 19.8 Å². The van der Waals surface area contributed by atoms with Gasteiger partial charge in [0.2, 0.25) is 0 Å². The van der Waals surface area contributed by atoms with Gasteiger partial charge in [0.05, 0.1) is 12.7 Å². The fourth-order valence-electron chi connectivity index (χ4n) is 2.05. The summed E-state index contributed by atoms with van der Waals surface area (Å²) in [5.74, 6) is 1.15. The number of aromatic nitrogens is 2. The van der Waals surface area contributed by atoms with Gasteiger partial charge in [-0.1, -0.05) is 0 Å². The van der Waals surface area contributed by atoms with E-state index in [1.807, 2.05) is 13.2 Å². The van der Waals surface area contributed by atoms with E-state index in [0.717, 1.165) is 11.3 Å². The minimum atomic E-state index is -1.24. The topological polar surface area (TPSA) is 92.3 Å². The molecule has 2 aromatic heterocycles. The minimum Gasteiger partial charge on any atom is -0.463 e. The lowest BCUT2D eigenvalue weighted by Gasteiger charge is -2.21. The van der Waals surface area contributed by atoms with Crippen molar-refractivity contribution in [3.05, 3.63) is 41.6 Å². The van der Waals surface area contributed by atoms with Gasteiger partial charge in [-0.2, -0.15) is 5.10 Å². The molecule has 3 N–H and O–H groups in total. The summed E-state index contributed by atoms with van der Waals surface area (Å²) < 4.78 is 7.11. The molecule has 120 valence electrons. The summed E-state index contributed by atoms with van der Waals surface area (Å²) in [6.45, 7) is 3.97. The zero-order chi connectivity index (χ0) is 16.2. The zero-order valence-electron chi connectivity index (χ0n) is 13.1. The van der Waals surface area contributed by atoms with E-state index in [4.69, 9.17) is 4.42 Å². The fourth-order valence-corrected chi connectivity index (χ4v) is 2.05. The second kappa shape index (κ2) is 6.65. The second-order valence-corrected chi connectivity index (χ2v) is 5.57. The monoisotopic (exact) mass is 306 g/mol. The molecule has 0 saturated heterocycles. The summed E-state index contributed by atoms with van der Waals surface area (Å²) in [7, 11) is 1.85. The summed E-state index contributed by atoms with van der Waals surface area (Å²) in [5.41, 5.74) is -0.185. The molecule has 22 heavy (non-hydrogen) atoms. The van der Waals surface area contributed by atoms with Gasteiger partial charge in [-0.25, -0.2) is 4.79 Å². The molecule has 2 amide bonds. The van der Waals surface area contributed by atoms with Gasteiger partial charge in [-0.05, 0) is 38.0 Å². The summed E-state index contributed by atoms with van der Waals surface area (Å²) in [6, 6.07) is 3.15.